The maximum Gasteiger partial charge on any atom is 0.234 e. The van der Waals surface area contributed by atoms with Gasteiger partial charge < -0.3 is 15.5 Å². The molecule has 2 unspecified atom stereocenters. The number of nitrogens with one attached hydrogen (secondary N) is 2. The number of nitrogens with zero attached hydrogens (tertiary/aromatic N) is 2. The fourth-order valence-corrected chi connectivity index (χ4v) is 3.59. The van der Waals surface area contributed by atoms with Gasteiger partial charge in [0, 0.05) is 45.2 Å². The molecule has 1 aliphatic heterocycles. The normalized spacial score (nSPS) is 26.1. The van der Waals surface area contributed by atoms with Crippen LogP contribution in [0.2, 0.25) is 0 Å². The zero-order valence-corrected chi connectivity index (χ0v) is 14.6. The smallest absolute Gasteiger partial charge is 0.234 e. The van der Waals surface area contributed by atoms with E-state index < -0.39 is 0 Å². The summed E-state index contributed by atoms with van der Waals surface area (Å²) in [5, 5.41) is 6.19. The van der Waals surface area contributed by atoms with Crippen LogP contribution in [0, 0.1) is 5.92 Å². The first-order chi connectivity index (χ1) is 11.1. The molecule has 1 saturated heterocycles. The van der Waals surface area contributed by atoms with Crippen molar-refractivity contribution in [2.45, 2.75) is 45.1 Å². The van der Waals surface area contributed by atoms with Crippen LogP contribution in [-0.2, 0) is 9.59 Å². The first kappa shape index (κ1) is 18.2. The Balaban J connectivity index is 1.65. The molecule has 1 aliphatic carbocycles. The Hall–Kier alpha value is -1.14. The highest BCUT2D eigenvalue weighted by Crippen LogP contribution is 2.23. The first-order valence-corrected chi connectivity index (χ1v) is 9.02. The number of hydrogen-bond donors (Lipinski definition) is 2. The van der Waals surface area contributed by atoms with Crippen LogP contribution in [0.5, 0.6) is 0 Å². The molecule has 0 spiro atoms. The summed E-state index contributed by atoms with van der Waals surface area (Å²) in [5.74, 6) is 1.07. The minimum atomic E-state index is 0.138. The molecule has 132 valence electrons. The molecule has 0 bridgehead atoms. The van der Waals surface area contributed by atoms with Crippen molar-refractivity contribution in [1.82, 2.24) is 20.4 Å². The van der Waals surface area contributed by atoms with Crippen LogP contribution in [0.1, 0.15) is 39.0 Å². The van der Waals surface area contributed by atoms with Crippen molar-refractivity contribution in [2.75, 3.05) is 46.3 Å². The number of carbonyl (C=O) groups is 2. The number of piperazine rings is 1. The van der Waals surface area contributed by atoms with Gasteiger partial charge in [-0.05, 0) is 25.8 Å². The fourth-order valence-electron chi connectivity index (χ4n) is 3.59. The van der Waals surface area contributed by atoms with E-state index in [1.54, 1.807) is 0 Å². The lowest BCUT2D eigenvalue weighted by atomic mass is 9.87. The molecule has 1 heterocycles. The Morgan fingerprint density at radius 3 is 2.52 bits per heavy atom. The predicted octanol–water partition coefficient (Wildman–Crippen LogP) is 0.435. The predicted molar refractivity (Wildman–Crippen MR) is 91.1 cm³/mol. The third kappa shape index (κ3) is 6.11. The summed E-state index contributed by atoms with van der Waals surface area (Å²) >= 11 is 0. The molecule has 6 heteroatoms. The van der Waals surface area contributed by atoms with Gasteiger partial charge in [-0.25, -0.2) is 0 Å². The summed E-state index contributed by atoms with van der Waals surface area (Å²) in [6.45, 7) is 6.50. The zero-order chi connectivity index (χ0) is 16.7. The van der Waals surface area contributed by atoms with Crippen LogP contribution in [0.25, 0.3) is 0 Å². The van der Waals surface area contributed by atoms with E-state index in [2.05, 4.69) is 22.5 Å². The van der Waals surface area contributed by atoms with Crippen molar-refractivity contribution in [2.24, 2.45) is 5.92 Å². The van der Waals surface area contributed by atoms with E-state index >= 15 is 0 Å². The molecule has 2 amide bonds. The van der Waals surface area contributed by atoms with E-state index in [0.29, 0.717) is 19.0 Å². The average molecular weight is 324 g/mol. The third-order valence-electron chi connectivity index (χ3n) is 4.98. The molecule has 6 nitrogen and oxygen atoms in total. The van der Waals surface area contributed by atoms with Gasteiger partial charge in [-0.15, -0.1) is 0 Å². The Kier molecular flexibility index (Phi) is 7.30. The van der Waals surface area contributed by atoms with E-state index in [1.165, 1.54) is 12.8 Å². The maximum absolute atomic E-state index is 12.2. The van der Waals surface area contributed by atoms with Gasteiger partial charge in [-0.1, -0.05) is 19.8 Å². The second-order valence-corrected chi connectivity index (χ2v) is 7.05. The Morgan fingerprint density at radius 2 is 1.87 bits per heavy atom. The van der Waals surface area contributed by atoms with E-state index in [-0.39, 0.29) is 11.8 Å². The van der Waals surface area contributed by atoms with Gasteiger partial charge in [0.05, 0.1) is 6.54 Å². The monoisotopic (exact) mass is 324 g/mol. The van der Waals surface area contributed by atoms with Crippen LogP contribution in [0.4, 0.5) is 0 Å². The van der Waals surface area contributed by atoms with Gasteiger partial charge in [0.1, 0.15) is 0 Å². The summed E-state index contributed by atoms with van der Waals surface area (Å²) < 4.78 is 0. The molecule has 0 radical (unpaired) electrons. The highest BCUT2D eigenvalue weighted by molar-refractivity contribution is 5.78. The van der Waals surface area contributed by atoms with Crippen molar-refractivity contribution in [3.63, 3.8) is 0 Å². The van der Waals surface area contributed by atoms with Crippen LogP contribution < -0.4 is 10.6 Å². The summed E-state index contributed by atoms with van der Waals surface area (Å²) in [7, 11) is 1.86. The SMILES string of the molecule is CNCCC(=O)N1CCN(CC(=O)NC2CCCC(C)C2)CC1. The average Bonchev–Trinajstić information content (AvgIpc) is 2.53. The summed E-state index contributed by atoms with van der Waals surface area (Å²) in [6, 6.07) is 0.357. The van der Waals surface area contributed by atoms with Gasteiger partial charge >= 0.3 is 0 Å². The minimum absolute atomic E-state index is 0.138. The van der Waals surface area contributed by atoms with Gasteiger partial charge in [0.15, 0.2) is 0 Å². The molecule has 1 saturated carbocycles. The van der Waals surface area contributed by atoms with Crippen molar-refractivity contribution in [3.8, 4) is 0 Å². The Bertz CT molecular complexity index is 394. The second kappa shape index (κ2) is 9.23. The van der Waals surface area contributed by atoms with E-state index in [4.69, 9.17) is 0 Å². The van der Waals surface area contributed by atoms with Crippen LogP contribution in [0.15, 0.2) is 0 Å². The number of hydrogen-bond acceptors (Lipinski definition) is 4. The quantitative estimate of drug-likeness (QED) is 0.744. The second-order valence-electron chi connectivity index (χ2n) is 7.05. The minimum Gasteiger partial charge on any atom is -0.352 e. The molecule has 2 aliphatic rings. The Labute approximate surface area is 140 Å². The molecule has 2 fully saturated rings. The molecule has 2 atom stereocenters. The van der Waals surface area contributed by atoms with E-state index in [0.717, 1.165) is 51.5 Å². The first-order valence-electron chi connectivity index (χ1n) is 9.02. The van der Waals surface area contributed by atoms with E-state index in [1.807, 2.05) is 11.9 Å². The molecule has 0 aromatic heterocycles. The van der Waals surface area contributed by atoms with Gasteiger partial charge in [-0.2, -0.15) is 0 Å². The molecular formula is C17H32N4O2. The van der Waals surface area contributed by atoms with Crippen molar-refractivity contribution in [1.29, 1.82) is 0 Å². The highest BCUT2D eigenvalue weighted by Gasteiger charge is 2.24. The van der Waals surface area contributed by atoms with Crippen LogP contribution >= 0.6 is 0 Å². The molecule has 0 aromatic carbocycles. The van der Waals surface area contributed by atoms with Crippen molar-refractivity contribution >= 4 is 11.8 Å². The standard InChI is InChI=1S/C17H32N4O2/c1-14-4-3-5-15(12-14)19-16(22)13-20-8-10-21(11-9-20)17(23)6-7-18-2/h14-15,18H,3-13H2,1-2H3,(H,19,22). The zero-order valence-electron chi connectivity index (χ0n) is 14.6. The summed E-state index contributed by atoms with van der Waals surface area (Å²) in [5.41, 5.74) is 0. The summed E-state index contributed by atoms with van der Waals surface area (Å²) in [6.07, 6.45) is 5.29. The topological polar surface area (TPSA) is 64.7 Å². The molecule has 23 heavy (non-hydrogen) atoms. The van der Waals surface area contributed by atoms with Gasteiger partial charge in [0.2, 0.25) is 11.8 Å². The summed E-state index contributed by atoms with van der Waals surface area (Å²) in [4.78, 5) is 28.2. The maximum atomic E-state index is 12.2. The van der Waals surface area contributed by atoms with Crippen molar-refractivity contribution < 1.29 is 9.59 Å². The lowest BCUT2D eigenvalue weighted by Gasteiger charge is -2.35. The number of amides is 2. The molecule has 2 rings (SSSR count). The highest BCUT2D eigenvalue weighted by atomic mass is 16.2. The van der Waals surface area contributed by atoms with E-state index in [9.17, 15) is 9.59 Å². The lowest BCUT2D eigenvalue weighted by Crippen LogP contribution is -2.52. The number of rotatable bonds is 6. The molecular weight excluding hydrogens is 292 g/mol. The van der Waals surface area contributed by atoms with Crippen LogP contribution in [-0.4, -0.2) is 74.0 Å². The molecule has 0 aromatic rings. The largest absolute Gasteiger partial charge is 0.352 e. The third-order valence-corrected chi connectivity index (χ3v) is 4.98. The lowest BCUT2D eigenvalue weighted by molar-refractivity contribution is -0.133. The van der Waals surface area contributed by atoms with Gasteiger partial charge in [0.25, 0.3) is 0 Å². The van der Waals surface area contributed by atoms with Crippen molar-refractivity contribution in [3.05, 3.63) is 0 Å². The Morgan fingerprint density at radius 1 is 1.13 bits per heavy atom. The fraction of sp³-hybridized carbons (Fsp3) is 0.882. The van der Waals surface area contributed by atoms with Gasteiger partial charge in [-0.3, -0.25) is 14.5 Å². The molecule has 2 N–H and O–H groups in total. The van der Waals surface area contributed by atoms with Crippen LogP contribution in [0.3, 0.4) is 0 Å². The number of carbonyl (C=O) groups excluding carboxylic acids is 2.